The van der Waals surface area contributed by atoms with Crippen LogP contribution in [-0.2, 0) is 0 Å². The van der Waals surface area contributed by atoms with E-state index in [0.717, 1.165) is 22.3 Å². The second-order valence-corrected chi connectivity index (χ2v) is 3.85. The summed E-state index contributed by atoms with van der Waals surface area (Å²) in [6.07, 6.45) is 3.59. The number of ketones is 1. The first kappa shape index (κ1) is 10.6. The Kier molecular flexibility index (Phi) is 2.82. The van der Waals surface area contributed by atoms with Gasteiger partial charge in [-0.15, -0.1) is 0 Å². The maximum Gasteiger partial charge on any atom is 0.160 e. The molecule has 0 aliphatic heterocycles. The van der Waals surface area contributed by atoms with Gasteiger partial charge in [-0.25, -0.2) is 0 Å². The first-order valence-corrected chi connectivity index (χ1v) is 5.20. The van der Waals surface area contributed by atoms with Crippen molar-refractivity contribution < 1.29 is 4.79 Å². The Labute approximate surface area is 95.0 Å². The molecule has 0 amide bonds. The van der Waals surface area contributed by atoms with Gasteiger partial charge in [-0.05, 0) is 31.0 Å². The summed E-state index contributed by atoms with van der Waals surface area (Å²) in [5.41, 5.74) is 3.78. The van der Waals surface area contributed by atoms with Gasteiger partial charge < -0.3 is 0 Å². The number of hydrogen-bond acceptors (Lipinski definition) is 2. The molecule has 0 radical (unpaired) electrons. The summed E-state index contributed by atoms with van der Waals surface area (Å²) < 4.78 is 0. The number of benzene rings is 1. The van der Waals surface area contributed by atoms with Crippen LogP contribution in [0.1, 0.15) is 22.8 Å². The molecule has 0 saturated carbocycles. The van der Waals surface area contributed by atoms with E-state index in [1.54, 1.807) is 19.3 Å². The van der Waals surface area contributed by atoms with Crippen LogP contribution in [0.4, 0.5) is 0 Å². The van der Waals surface area contributed by atoms with E-state index in [-0.39, 0.29) is 5.78 Å². The topological polar surface area (TPSA) is 30.0 Å². The summed E-state index contributed by atoms with van der Waals surface area (Å²) >= 11 is 0. The number of carbonyl (C=O) groups excluding carboxylic acids is 1. The summed E-state index contributed by atoms with van der Waals surface area (Å²) in [5, 5.41) is 0. The van der Waals surface area contributed by atoms with Crippen molar-refractivity contribution in [2.75, 3.05) is 0 Å². The van der Waals surface area contributed by atoms with Crippen LogP contribution in [0.25, 0.3) is 11.1 Å². The van der Waals surface area contributed by atoms with Crippen molar-refractivity contribution in [2.45, 2.75) is 13.8 Å². The largest absolute Gasteiger partial charge is 0.294 e. The molecule has 1 heterocycles. The normalized spacial score (nSPS) is 10.1. The average molecular weight is 211 g/mol. The zero-order valence-electron chi connectivity index (χ0n) is 9.40. The maximum atomic E-state index is 11.5. The molecular formula is C14H13NO. The summed E-state index contributed by atoms with van der Waals surface area (Å²) in [4.78, 5) is 15.7. The van der Waals surface area contributed by atoms with E-state index in [4.69, 9.17) is 0 Å². The molecule has 0 fully saturated rings. The second kappa shape index (κ2) is 4.27. The van der Waals surface area contributed by atoms with E-state index >= 15 is 0 Å². The van der Waals surface area contributed by atoms with Gasteiger partial charge in [0.2, 0.25) is 0 Å². The smallest absolute Gasteiger partial charge is 0.160 e. The van der Waals surface area contributed by atoms with Gasteiger partial charge >= 0.3 is 0 Å². The van der Waals surface area contributed by atoms with Crippen molar-refractivity contribution in [2.24, 2.45) is 0 Å². The highest BCUT2D eigenvalue weighted by Crippen LogP contribution is 2.23. The van der Waals surface area contributed by atoms with Crippen molar-refractivity contribution in [1.29, 1.82) is 0 Å². The quantitative estimate of drug-likeness (QED) is 0.714. The van der Waals surface area contributed by atoms with Crippen molar-refractivity contribution in [3.8, 4) is 11.1 Å². The summed E-state index contributed by atoms with van der Waals surface area (Å²) in [7, 11) is 0. The molecule has 0 aliphatic rings. The maximum absolute atomic E-state index is 11.5. The molecule has 0 saturated heterocycles. The fraction of sp³-hybridized carbons (Fsp3) is 0.143. The molecular weight excluding hydrogens is 198 g/mol. The zero-order valence-corrected chi connectivity index (χ0v) is 9.40. The Balaban J connectivity index is 2.60. The van der Waals surface area contributed by atoms with E-state index in [1.807, 2.05) is 37.3 Å². The van der Waals surface area contributed by atoms with Crippen molar-refractivity contribution in [3.05, 3.63) is 53.9 Å². The molecule has 2 heteroatoms. The van der Waals surface area contributed by atoms with Crippen molar-refractivity contribution in [1.82, 2.24) is 4.98 Å². The molecule has 2 nitrogen and oxygen atoms in total. The van der Waals surface area contributed by atoms with Crippen LogP contribution < -0.4 is 0 Å². The summed E-state index contributed by atoms with van der Waals surface area (Å²) in [6, 6.07) is 9.65. The van der Waals surface area contributed by atoms with Gasteiger partial charge in [0.05, 0.1) is 0 Å². The van der Waals surface area contributed by atoms with E-state index in [2.05, 4.69) is 4.98 Å². The molecule has 80 valence electrons. The Bertz CT molecular complexity index is 532. The number of nitrogens with zero attached hydrogens (tertiary/aromatic N) is 1. The van der Waals surface area contributed by atoms with Gasteiger partial charge in [-0.2, -0.15) is 0 Å². The molecule has 1 aromatic carbocycles. The third-order valence-electron chi connectivity index (χ3n) is 2.49. The Morgan fingerprint density at radius 1 is 1.19 bits per heavy atom. The molecule has 0 spiro atoms. The summed E-state index contributed by atoms with van der Waals surface area (Å²) in [6.45, 7) is 3.58. The monoisotopic (exact) mass is 211 g/mol. The minimum atomic E-state index is 0.0807. The number of Topliss-reactive ketones (excluding diaryl/α,β-unsaturated/α-hetero) is 1. The lowest BCUT2D eigenvalue weighted by Gasteiger charge is -2.06. The third kappa shape index (κ3) is 2.01. The van der Waals surface area contributed by atoms with Crippen LogP contribution in [0.3, 0.4) is 0 Å². The third-order valence-corrected chi connectivity index (χ3v) is 2.49. The number of rotatable bonds is 2. The highest BCUT2D eigenvalue weighted by molar-refractivity contribution is 6.00. The molecule has 0 bridgehead atoms. The zero-order chi connectivity index (χ0) is 11.5. The average Bonchev–Trinajstić information content (AvgIpc) is 2.29. The van der Waals surface area contributed by atoms with Crippen LogP contribution in [0, 0.1) is 6.92 Å². The molecule has 2 aromatic rings. The number of carbonyl (C=O) groups is 1. The van der Waals surface area contributed by atoms with Gasteiger partial charge in [0.1, 0.15) is 0 Å². The minimum Gasteiger partial charge on any atom is -0.294 e. The van der Waals surface area contributed by atoms with Crippen LogP contribution in [0.15, 0.2) is 42.7 Å². The highest BCUT2D eigenvalue weighted by Gasteiger charge is 2.08. The Hall–Kier alpha value is -1.96. The number of aromatic nitrogens is 1. The number of hydrogen-bond donors (Lipinski definition) is 0. The van der Waals surface area contributed by atoms with Gasteiger partial charge in [0.15, 0.2) is 5.78 Å². The summed E-state index contributed by atoms with van der Waals surface area (Å²) in [5.74, 6) is 0.0807. The van der Waals surface area contributed by atoms with E-state index in [1.165, 1.54) is 0 Å². The fourth-order valence-corrected chi connectivity index (χ4v) is 1.74. The van der Waals surface area contributed by atoms with Crippen LogP contribution in [-0.4, -0.2) is 10.8 Å². The lowest BCUT2D eigenvalue weighted by Crippen LogP contribution is -1.96. The molecule has 0 aliphatic carbocycles. The standard InChI is InChI=1S/C14H13NO/c1-10-7-12(9-15-8-10)14-6-4-3-5-13(14)11(2)16/h3-9H,1-2H3. The molecule has 16 heavy (non-hydrogen) atoms. The lowest BCUT2D eigenvalue weighted by molar-refractivity contribution is 0.101. The second-order valence-electron chi connectivity index (χ2n) is 3.85. The first-order valence-electron chi connectivity index (χ1n) is 5.20. The lowest BCUT2D eigenvalue weighted by atomic mass is 9.98. The van der Waals surface area contributed by atoms with Gasteiger partial charge in [0, 0.05) is 23.5 Å². The van der Waals surface area contributed by atoms with E-state index in [9.17, 15) is 4.79 Å². The SMILES string of the molecule is CC(=O)c1ccccc1-c1cncc(C)c1. The first-order chi connectivity index (χ1) is 7.68. The fourth-order valence-electron chi connectivity index (χ4n) is 1.74. The van der Waals surface area contributed by atoms with Crippen LogP contribution in [0.2, 0.25) is 0 Å². The Morgan fingerprint density at radius 3 is 2.62 bits per heavy atom. The number of aryl methyl sites for hydroxylation is 1. The van der Waals surface area contributed by atoms with Crippen molar-refractivity contribution >= 4 is 5.78 Å². The predicted octanol–water partition coefficient (Wildman–Crippen LogP) is 3.26. The van der Waals surface area contributed by atoms with Crippen LogP contribution >= 0.6 is 0 Å². The van der Waals surface area contributed by atoms with Crippen molar-refractivity contribution in [3.63, 3.8) is 0 Å². The number of pyridine rings is 1. The van der Waals surface area contributed by atoms with Gasteiger partial charge in [-0.1, -0.05) is 24.3 Å². The minimum absolute atomic E-state index is 0.0807. The van der Waals surface area contributed by atoms with Crippen LogP contribution in [0.5, 0.6) is 0 Å². The molecule has 2 rings (SSSR count). The predicted molar refractivity (Wildman–Crippen MR) is 64.4 cm³/mol. The molecule has 0 unspecified atom stereocenters. The highest BCUT2D eigenvalue weighted by atomic mass is 16.1. The molecule has 1 aromatic heterocycles. The van der Waals surface area contributed by atoms with Gasteiger partial charge in [-0.3, -0.25) is 9.78 Å². The Morgan fingerprint density at radius 2 is 1.94 bits per heavy atom. The van der Waals surface area contributed by atoms with Gasteiger partial charge in [0.25, 0.3) is 0 Å². The molecule has 0 atom stereocenters. The van der Waals surface area contributed by atoms with E-state index in [0.29, 0.717) is 0 Å². The van der Waals surface area contributed by atoms with E-state index < -0.39 is 0 Å². The molecule has 0 N–H and O–H groups in total.